The molecule has 0 fully saturated rings. The summed E-state index contributed by atoms with van der Waals surface area (Å²) in [5, 5.41) is 8.83. The highest BCUT2D eigenvalue weighted by molar-refractivity contribution is 6.09. The van der Waals surface area contributed by atoms with Crippen LogP contribution in [0.15, 0.2) is 24.3 Å². The maximum Gasteiger partial charge on any atom is 0.317 e. The Kier molecular flexibility index (Phi) is 5.25. The first-order chi connectivity index (χ1) is 9.01. The normalized spacial score (nSPS) is 11.7. The fourth-order valence-electron chi connectivity index (χ4n) is 1.84. The molecule has 0 aliphatic heterocycles. The number of nitriles is 1. The number of hydrogen-bond acceptors (Lipinski definition) is 4. The standard InChI is InChI=1S/C15H17NO3/c1-4-19-15(18)13(10(2)3)14(17)12-7-5-6-11(8-12)9-16/h5-8,10,13H,4H2,1-3H3. The molecule has 0 amide bonds. The highest BCUT2D eigenvalue weighted by Gasteiger charge is 2.31. The van der Waals surface area contributed by atoms with Crippen molar-refractivity contribution in [1.29, 1.82) is 5.26 Å². The van der Waals surface area contributed by atoms with Crippen molar-refractivity contribution in [3.8, 4) is 6.07 Å². The summed E-state index contributed by atoms with van der Waals surface area (Å²) in [6, 6.07) is 8.33. The molecule has 0 spiro atoms. The number of esters is 1. The molecule has 1 aromatic rings. The van der Waals surface area contributed by atoms with Gasteiger partial charge in [0.25, 0.3) is 0 Å². The zero-order chi connectivity index (χ0) is 14.4. The maximum atomic E-state index is 12.4. The van der Waals surface area contributed by atoms with Gasteiger partial charge in [-0.2, -0.15) is 5.26 Å². The van der Waals surface area contributed by atoms with Gasteiger partial charge in [-0.25, -0.2) is 0 Å². The largest absolute Gasteiger partial charge is 0.465 e. The number of nitrogens with zero attached hydrogens (tertiary/aromatic N) is 1. The molecule has 0 aliphatic carbocycles. The Labute approximate surface area is 113 Å². The summed E-state index contributed by atoms with van der Waals surface area (Å²) in [5.41, 5.74) is 0.767. The van der Waals surface area contributed by atoms with E-state index < -0.39 is 11.9 Å². The molecule has 1 rings (SSSR count). The van der Waals surface area contributed by atoms with Crippen molar-refractivity contribution in [3.05, 3.63) is 35.4 Å². The molecule has 1 unspecified atom stereocenters. The van der Waals surface area contributed by atoms with E-state index in [4.69, 9.17) is 10.00 Å². The number of ketones is 1. The van der Waals surface area contributed by atoms with Gasteiger partial charge >= 0.3 is 5.97 Å². The van der Waals surface area contributed by atoms with Gasteiger partial charge in [0.15, 0.2) is 5.78 Å². The molecule has 0 radical (unpaired) electrons. The summed E-state index contributed by atoms with van der Waals surface area (Å²) in [7, 11) is 0. The van der Waals surface area contributed by atoms with Gasteiger partial charge in [-0.05, 0) is 25.0 Å². The smallest absolute Gasteiger partial charge is 0.317 e. The molecule has 0 heterocycles. The first kappa shape index (κ1) is 14.9. The maximum absolute atomic E-state index is 12.4. The van der Waals surface area contributed by atoms with Gasteiger partial charge in [0.2, 0.25) is 0 Å². The van der Waals surface area contributed by atoms with Gasteiger partial charge in [0.1, 0.15) is 5.92 Å². The van der Waals surface area contributed by atoms with Crippen LogP contribution in [0.3, 0.4) is 0 Å². The lowest BCUT2D eigenvalue weighted by molar-refractivity contribution is -0.147. The molecule has 19 heavy (non-hydrogen) atoms. The van der Waals surface area contributed by atoms with Crippen LogP contribution in [0.2, 0.25) is 0 Å². The predicted molar refractivity (Wildman–Crippen MR) is 70.4 cm³/mol. The van der Waals surface area contributed by atoms with Gasteiger partial charge < -0.3 is 4.74 Å². The zero-order valence-electron chi connectivity index (χ0n) is 11.3. The van der Waals surface area contributed by atoms with Crippen molar-refractivity contribution in [1.82, 2.24) is 0 Å². The van der Waals surface area contributed by atoms with Crippen molar-refractivity contribution in [2.45, 2.75) is 20.8 Å². The highest BCUT2D eigenvalue weighted by atomic mass is 16.5. The lowest BCUT2D eigenvalue weighted by atomic mass is 9.87. The molecule has 0 aromatic heterocycles. The average molecular weight is 259 g/mol. The first-order valence-corrected chi connectivity index (χ1v) is 6.22. The van der Waals surface area contributed by atoms with Gasteiger partial charge in [-0.1, -0.05) is 26.0 Å². The molecule has 0 N–H and O–H groups in total. The molecule has 4 nitrogen and oxygen atoms in total. The monoisotopic (exact) mass is 259 g/mol. The fourth-order valence-corrected chi connectivity index (χ4v) is 1.84. The van der Waals surface area contributed by atoms with Crippen LogP contribution in [0.5, 0.6) is 0 Å². The third-order valence-corrected chi connectivity index (χ3v) is 2.77. The first-order valence-electron chi connectivity index (χ1n) is 6.22. The van der Waals surface area contributed by atoms with Gasteiger partial charge in [0.05, 0.1) is 18.2 Å². The lowest BCUT2D eigenvalue weighted by Crippen LogP contribution is -2.30. The molecular weight excluding hydrogens is 242 g/mol. The average Bonchev–Trinajstić information content (AvgIpc) is 2.38. The number of carbonyl (C=O) groups is 2. The Hall–Kier alpha value is -2.15. The van der Waals surface area contributed by atoms with Crippen molar-refractivity contribution in [2.24, 2.45) is 11.8 Å². The van der Waals surface area contributed by atoms with E-state index in [1.807, 2.05) is 6.07 Å². The summed E-state index contributed by atoms with van der Waals surface area (Å²) in [6.07, 6.45) is 0. The van der Waals surface area contributed by atoms with E-state index in [9.17, 15) is 9.59 Å². The van der Waals surface area contributed by atoms with Gasteiger partial charge in [-0.3, -0.25) is 9.59 Å². The van der Waals surface area contributed by atoms with E-state index in [0.717, 1.165) is 0 Å². The molecule has 0 saturated heterocycles. The summed E-state index contributed by atoms with van der Waals surface area (Å²) < 4.78 is 4.94. The van der Waals surface area contributed by atoms with Gasteiger partial charge in [0, 0.05) is 5.56 Å². The molecule has 1 atom stereocenters. The van der Waals surface area contributed by atoms with E-state index in [1.165, 1.54) is 6.07 Å². The minimum Gasteiger partial charge on any atom is -0.465 e. The minimum absolute atomic E-state index is 0.155. The van der Waals surface area contributed by atoms with E-state index in [0.29, 0.717) is 11.1 Å². The van der Waals surface area contributed by atoms with Crippen molar-refractivity contribution in [2.75, 3.05) is 6.61 Å². The molecule has 0 saturated carbocycles. The van der Waals surface area contributed by atoms with Gasteiger partial charge in [-0.15, -0.1) is 0 Å². The van der Waals surface area contributed by atoms with E-state index in [2.05, 4.69) is 0 Å². The summed E-state index contributed by atoms with van der Waals surface area (Å²) in [4.78, 5) is 24.2. The van der Waals surface area contributed by atoms with E-state index in [1.54, 1.807) is 39.0 Å². The second kappa shape index (κ2) is 6.69. The van der Waals surface area contributed by atoms with Crippen LogP contribution >= 0.6 is 0 Å². The fraction of sp³-hybridized carbons (Fsp3) is 0.400. The van der Waals surface area contributed by atoms with Crippen molar-refractivity contribution < 1.29 is 14.3 Å². The van der Waals surface area contributed by atoms with Crippen LogP contribution in [0.25, 0.3) is 0 Å². The molecule has 0 bridgehead atoms. The molecule has 100 valence electrons. The SMILES string of the molecule is CCOC(=O)C(C(=O)c1cccc(C#N)c1)C(C)C. The highest BCUT2D eigenvalue weighted by Crippen LogP contribution is 2.20. The third kappa shape index (κ3) is 3.65. The van der Waals surface area contributed by atoms with Crippen LogP contribution in [-0.2, 0) is 9.53 Å². The number of Topliss-reactive ketones (excluding diaryl/α,β-unsaturated/α-hetero) is 1. The number of benzene rings is 1. The quantitative estimate of drug-likeness (QED) is 0.463. The van der Waals surface area contributed by atoms with Crippen molar-refractivity contribution >= 4 is 11.8 Å². The molecule has 0 aliphatic rings. The van der Waals surface area contributed by atoms with Crippen LogP contribution in [-0.4, -0.2) is 18.4 Å². The second-order valence-electron chi connectivity index (χ2n) is 4.53. The topological polar surface area (TPSA) is 67.2 Å². The molecular formula is C15H17NO3. The van der Waals surface area contributed by atoms with Crippen molar-refractivity contribution in [3.63, 3.8) is 0 Å². The Morgan fingerprint density at radius 1 is 1.37 bits per heavy atom. The molecule has 4 heteroatoms. The van der Waals surface area contributed by atoms with Crippen LogP contribution in [0, 0.1) is 23.2 Å². The Bertz CT molecular complexity index is 514. The molecule has 1 aromatic carbocycles. The minimum atomic E-state index is -0.825. The van der Waals surface area contributed by atoms with E-state index in [-0.39, 0.29) is 18.3 Å². The lowest BCUT2D eigenvalue weighted by Gasteiger charge is -2.17. The summed E-state index contributed by atoms with van der Waals surface area (Å²) in [6.45, 7) is 5.55. The Balaban J connectivity index is 3.06. The zero-order valence-corrected chi connectivity index (χ0v) is 11.3. The third-order valence-electron chi connectivity index (χ3n) is 2.77. The summed E-state index contributed by atoms with van der Waals surface area (Å²) >= 11 is 0. The number of carbonyl (C=O) groups excluding carboxylic acids is 2. The Morgan fingerprint density at radius 2 is 2.05 bits per heavy atom. The second-order valence-corrected chi connectivity index (χ2v) is 4.53. The van der Waals surface area contributed by atoms with Crippen LogP contribution < -0.4 is 0 Å². The van der Waals surface area contributed by atoms with Crippen LogP contribution in [0.4, 0.5) is 0 Å². The van der Waals surface area contributed by atoms with E-state index >= 15 is 0 Å². The Morgan fingerprint density at radius 3 is 2.58 bits per heavy atom. The van der Waals surface area contributed by atoms with Crippen LogP contribution in [0.1, 0.15) is 36.7 Å². The predicted octanol–water partition coefficient (Wildman–Crippen LogP) is 2.58. The number of hydrogen-bond donors (Lipinski definition) is 0. The summed E-state index contributed by atoms with van der Waals surface area (Å²) in [5.74, 6) is -1.79. The number of rotatable bonds is 5. The number of ether oxygens (including phenoxy) is 1.